The van der Waals surface area contributed by atoms with Crippen LogP contribution in [-0.4, -0.2) is 31.4 Å². The molecular weight excluding hydrogens is 411 g/mol. The number of hydrogen-bond acceptors (Lipinski definition) is 3. The van der Waals surface area contributed by atoms with E-state index in [4.69, 9.17) is 16.3 Å². The molecule has 2 heterocycles. The highest BCUT2D eigenvalue weighted by Gasteiger charge is 2.38. The molecule has 30 heavy (non-hydrogen) atoms. The number of urea groups is 2. The topological polar surface area (TPSA) is 82.7 Å². The Morgan fingerprint density at radius 1 is 1.40 bits per heavy atom. The van der Waals surface area contributed by atoms with Gasteiger partial charge in [0.05, 0.1) is 11.7 Å². The fraction of sp³-hybridized carbons (Fsp3) is 0.333. The fourth-order valence-electron chi connectivity index (χ4n) is 3.84. The molecule has 4 amide bonds. The van der Waals surface area contributed by atoms with Gasteiger partial charge in [0, 0.05) is 41.9 Å². The molecule has 0 saturated heterocycles. The largest absolute Gasteiger partial charge is 0.484 e. The van der Waals surface area contributed by atoms with E-state index in [2.05, 4.69) is 16.0 Å². The number of alkyl halides is 1. The zero-order chi connectivity index (χ0) is 21.5. The van der Waals surface area contributed by atoms with Crippen molar-refractivity contribution in [3.8, 4) is 5.75 Å². The van der Waals surface area contributed by atoms with Crippen LogP contribution in [0.5, 0.6) is 5.75 Å². The molecule has 2 aliphatic heterocycles. The number of carbonyl (C=O) groups is 2. The molecule has 0 aromatic heterocycles. The van der Waals surface area contributed by atoms with E-state index in [1.54, 1.807) is 44.3 Å². The van der Waals surface area contributed by atoms with Crippen LogP contribution < -0.4 is 25.6 Å². The number of carbonyl (C=O) groups excluding carboxylic acids is 2. The second-order valence-electron chi connectivity index (χ2n) is 7.74. The van der Waals surface area contributed by atoms with Crippen molar-refractivity contribution in [2.75, 3.05) is 23.9 Å². The molecule has 158 valence electrons. The molecule has 0 saturated carbocycles. The number of benzene rings is 2. The minimum atomic E-state index is -1.06. The van der Waals surface area contributed by atoms with E-state index in [1.807, 2.05) is 6.07 Å². The fourth-order valence-corrected chi connectivity index (χ4v) is 4.01. The summed E-state index contributed by atoms with van der Waals surface area (Å²) in [6.45, 7) is 1.28. The van der Waals surface area contributed by atoms with E-state index in [0.29, 0.717) is 23.0 Å². The number of amides is 4. The molecule has 2 aromatic rings. The molecule has 2 aromatic carbocycles. The Morgan fingerprint density at radius 2 is 2.20 bits per heavy atom. The minimum Gasteiger partial charge on any atom is -0.484 e. The summed E-state index contributed by atoms with van der Waals surface area (Å²) < 4.78 is 19.4. The molecular formula is C21H22ClFN4O3. The Hall–Kier alpha value is -3.00. The average molecular weight is 433 g/mol. The standard InChI is InChI=1S/C21H22ClFN4O3/c1-21(11-23)9-16(13-7-6-12(22)8-18(13)30-21)26-19(28)25-15-4-3-5-17-14(15)10-24-20(29)27(17)2/h3-8,16H,9-11H2,1-2H3,(H,24,29)(H2,25,26,28)/t16-,21-/m1/s1. The molecule has 4 rings (SSSR count). The van der Waals surface area contributed by atoms with Crippen LogP contribution in [0, 0.1) is 0 Å². The van der Waals surface area contributed by atoms with Gasteiger partial charge in [-0.15, -0.1) is 0 Å². The summed E-state index contributed by atoms with van der Waals surface area (Å²) in [5, 5.41) is 9.01. The Balaban J connectivity index is 1.56. The molecule has 3 N–H and O–H groups in total. The van der Waals surface area contributed by atoms with Crippen LogP contribution in [0.4, 0.5) is 25.4 Å². The van der Waals surface area contributed by atoms with Gasteiger partial charge in [-0.3, -0.25) is 4.90 Å². The third-order valence-corrected chi connectivity index (χ3v) is 5.65. The van der Waals surface area contributed by atoms with Crippen molar-refractivity contribution in [3.63, 3.8) is 0 Å². The number of halogens is 2. The van der Waals surface area contributed by atoms with Crippen LogP contribution in [0.1, 0.15) is 30.5 Å². The van der Waals surface area contributed by atoms with Crippen LogP contribution in [0.15, 0.2) is 36.4 Å². The highest BCUT2D eigenvalue weighted by Crippen LogP contribution is 2.41. The molecule has 2 atom stereocenters. The van der Waals surface area contributed by atoms with E-state index >= 15 is 0 Å². The van der Waals surface area contributed by atoms with Gasteiger partial charge in [-0.2, -0.15) is 0 Å². The smallest absolute Gasteiger partial charge is 0.321 e. The van der Waals surface area contributed by atoms with Crippen LogP contribution in [0.2, 0.25) is 5.02 Å². The normalized spacial score (nSPS) is 22.3. The third kappa shape index (κ3) is 3.75. The molecule has 7 nitrogen and oxygen atoms in total. The monoisotopic (exact) mass is 432 g/mol. The number of ether oxygens (including phenoxy) is 1. The molecule has 0 spiro atoms. The van der Waals surface area contributed by atoms with Crippen LogP contribution in [-0.2, 0) is 6.54 Å². The first kappa shape index (κ1) is 20.3. The summed E-state index contributed by atoms with van der Waals surface area (Å²) in [4.78, 5) is 26.1. The van der Waals surface area contributed by atoms with Gasteiger partial charge in [0.2, 0.25) is 0 Å². The van der Waals surface area contributed by atoms with E-state index in [9.17, 15) is 14.0 Å². The lowest BCUT2D eigenvalue weighted by molar-refractivity contribution is 0.0263. The van der Waals surface area contributed by atoms with Gasteiger partial charge >= 0.3 is 12.1 Å². The summed E-state index contributed by atoms with van der Waals surface area (Å²) in [6.07, 6.45) is 0.275. The highest BCUT2D eigenvalue weighted by atomic mass is 35.5. The number of hydrogen-bond donors (Lipinski definition) is 3. The zero-order valence-corrected chi connectivity index (χ0v) is 17.3. The van der Waals surface area contributed by atoms with Crippen molar-refractivity contribution >= 4 is 35.0 Å². The number of nitrogens with one attached hydrogen (secondary N) is 3. The molecule has 2 aliphatic rings. The van der Waals surface area contributed by atoms with Crippen molar-refractivity contribution in [1.29, 1.82) is 0 Å². The molecule has 9 heteroatoms. The Morgan fingerprint density at radius 3 is 2.97 bits per heavy atom. The zero-order valence-electron chi connectivity index (χ0n) is 16.6. The van der Waals surface area contributed by atoms with Gasteiger partial charge in [0.15, 0.2) is 0 Å². The number of rotatable bonds is 3. The highest BCUT2D eigenvalue weighted by molar-refractivity contribution is 6.30. The summed E-state index contributed by atoms with van der Waals surface area (Å²) in [5.74, 6) is 0.459. The molecule has 0 unspecified atom stereocenters. The Labute approximate surface area is 178 Å². The predicted molar refractivity (Wildman–Crippen MR) is 113 cm³/mol. The second kappa shape index (κ2) is 7.68. The predicted octanol–water partition coefficient (Wildman–Crippen LogP) is 4.37. The van der Waals surface area contributed by atoms with Gasteiger partial charge < -0.3 is 20.7 Å². The van der Waals surface area contributed by atoms with E-state index in [1.165, 1.54) is 4.90 Å². The van der Waals surface area contributed by atoms with Gasteiger partial charge in [0.1, 0.15) is 18.0 Å². The van der Waals surface area contributed by atoms with Crippen LogP contribution in [0.3, 0.4) is 0 Å². The van der Waals surface area contributed by atoms with Crippen molar-refractivity contribution in [2.45, 2.75) is 31.5 Å². The Kier molecular flexibility index (Phi) is 5.19. The van der Waals surface area contributed by atoms with Crippen molar-refractivity contribution in [3.05, 3.63) is 52.5 Å². The van der Waals surface area contributed by atoms with Crippen molar-refractivity contribution in [1.82, 2.24) is 10.6 Å². The SMILES string of the molecule is CN1C(=O)NCc2c(NC(=O)N[C@@H]3C[C@](C)(CF)Oc4cc(Cl)ccc43)cccc21. The maximum absolute atomic E-state index is 13.6. The quantitative estimate of drug-likeness (QED) is 0.673. The van der Waals surface area contributed by atoms with E-state index < -0.39 is 24.3 Å². The molecule has 0 aliphatic carbocycles. The summed E-state index contributed by atoms with van der Waals surface area (Å²) in [6, 6.07) is 9.39. The number of fused-ring (bicyclic) bond motifs is 2. The molecule has 0 bridgehead atoms. The number of nitrogens with zero attached hydrogens (tertiary/aromatic N) is 1. The van der Waals surface area contributed by atoms with E-state index in [-0.39, 0.29) is 12.5 Å². The van der Waals surface area contributed by atoms with E-state index in [0.717, 1.165) is 16.8 Å². The Bertz CT molecular complexity index is 1020. The summed E-state index contributed by atoms with van der Waals surface area (Å²) >= 11 is 6.06. The van der Waals surface area contributed by atoms with Gasteiger partial charge in [-0.25, -0.2) is 14.0 Å². The van der Waals surface area contributed by atoms with Crippen molar-refractivity contribution < 1.29 is 18.7 Å². The minimum absolute atomic E-state index is 0.202. The lowest BCUT2D eigenvalue weighted by Gasteiger charge is -2.38. The van der Waals surface area contributed by atoms with Gasteiger partial charge in [0.25, 0.3) is 0 Å². The lowest BCUT2D eigenvalue weighted by Crippen LogP contribution is -2.46. The maximum atomic E-state index is 13.6. The van der Waals surface area contributed by atoms with Gasteiger partial charge in [-0.1, -0.05) is 23.7 Å². The van der Waals surface area contributed by atoms with Crippen LogP contribution in [0.25, 0.3) is 0 Å². The average Bonchev–Trinajstić information content (AvgIpc) is 2.70. The second-order valence-corrected chi connectivity index (χ2v) is 8.18. The van der Waals surface area contributed by atoms with Gasteiger partial charge in [-0.05, 0) is 31.2 Å². The first-order valence-electron chi connectivity index (χ1n) is 9.55. The molecule has 0 fully saturated rings. The summed E-state index contributed by atoms with van der Waals surface area (Å²) in [5.41, 5.74) is 1.81. The summed E-state index contributed by atoms with van der Waals surface area (Å²) in [7, 11) is 1.67. The maximum Gasteiger partial charge on any atom is 0.321 e. The van der Waals surface area contributed by atoms with Crippen molar-refractivity contribution in [2.24, 2.45) is 0 Å². The van der Waals surface area contributed by atoms with Crippen LogP contribution >= 0.6 is 11.6 Å². The lowest BCUT2D eigenvalue weighted by atomic mass is 9.89. The number of anilines is 2. The third-order valence-electron chi connectivity index (χ3n) is 5.41. The molecule has 0 radical (unpaired) electrons. The first-order chi connectivity index (χ1) is 14.3. The first-order valence-corrected chi connectivity index (χ1v) is 9.93.